The molecule has 3 heterocycles. The maximum atomic E-state index is 12.6. The van der Waals surface area contributed by atoms with Crippen molar-refractivity contribution in [3.8, 4) is 0 Å². The molecule has 1 aromatic heterocycles. The quantitative estimate of drug-likeness (QED) is 0.771. The number of H-pyrrole nitrogens is 1. The molecular weight excluding hydrogens is 242 g/mol. The lowest BCUT2D eigenvalue weighted by Crippen LogP contribution is -2.48. The molecule has 2 N–H and O–H groups in total. The van der Waals surface area contributed by atoms with Crippen LogP contribution in [0.15, 0.2) is 23.1 Å². The van der Waals surface area contributed by atoms with Crippen LogP contribution >= 0.6 is 0 Å². The van der Waals surface area contributed by atoms with Gasteiger partial charge >= 0.3 is 0 Å². The van der Waals surface area contributed by atoms with Gasteiger partial charge < -0.3 is 15.2 Å². The summed E-state index contributed by atoms with van der Waals surface area (Å²) < 4.78 is 0. The number of rotatable bonds is 1. The molecule has 5 nitrogen and oxygen atoms in total. The van der Waals surface area contributed by atoms with Gasteiger partial charge in [0.2, 0.25) is 0 Å². The number of nitrogens with one attached hydrogen (secondary N) is 2. The molecule has 2 atom stereocenters. The van der Waals surface area contributed by atoms with E-state index in [1.54, 1.807) is 18.3 Å². The number of aromatic amines is 1. The molecule has 0 saturated carbocycles. The molecule has 0 aliphatic carbocycles. The van der Waals surface area contributed by atoms with Crippen molar-refractivity contribution in [2.75, 3.05) is 19.6 Å². The zero-order valence-corrected chi connectivity index (χ0v) is 11.3. The normalized spacial score (nSPS) is 28.4. The number of fused-ring (bicyclic) bond motifs is 1. The number of aromatic nitrogens is 1. The molecule has 1 aromatic rings. The average molecular weight is 261 g/mol. The Morgan fingerprint density at radius 1 is 1.42 bits per heavy atom. The van der Waals surface area contributed by atoms with Crippen molar-refractivity contribution in [3.63, 3.8) is 0 Å². The summed E-state index contributed by atoms with van der Waals surface area (Å²) >= 11 is 0. The molecule has 2 saturated heterocycles. The third-order valence-corrected chi connectivity index (χ3v) is 4.65. The Morgan fingerprint density at radius 2 is 2.21 bits per heavy atom. The lowest BCUT2D eigenvalue weighted by molar-refractivity contribution is 0.0601. The van der Waals surface area contributed by atoms with Crippen molar-refractivity contribution in [3.05, 3.63) is 34.2 Å². The van der Waals surface area contributed by atoms with Gasteiger partial charge in [-0.3, -0.25) is 9.59 Å². The van der Waals surface area contributed by atoms with E-state index in [-0.39, 0.29) is 22.6 Å². The Kier molecular flexibility index (Phi) is 2.74. The minimum absolute atomic E-state index is 0.152. The summed E-state index contributed by atoms with van der Waals surface area (Å²) in [7, 11) is 0. The van der Waals surface area contributed by atoms with Crippen LogP contribution in [-0.2, 0) is 0 Å². The second-order valence-electron chi connectivity index (χ2n) is 6.01. The molecule has 5 heteroatoms. The van der Waals surface area contributed by atoms with Crippen molar-refractivity contribution in [2.45, 2.75) is 19.4 Å². The molecule has 3 rings (SSSR count). The molecule has 19 heavy (non-hydrogen) atoms. The van der Waals surface area contributed by atoms with E-state index in [0.29, 0.717) is 11.8 Å². The number of hydrogen-bond donors (Lipinski definition) is 2. The van der Waals surface area contributed by atoms with Gasteiger partial charge in [-0.05, 0) is 37.8 Å². The summed E-state index contributed by atoms with van der Waals surface area (Å²) in [5, 5.41) is 3.38. The number of carbonyl (C=O) groups is 1. The lowest BCUT2D eigenvalue weighted by Gasteiger charge is -2.35. The first-order valence-electron chi connectivity index (χ1n) is 6.72. The Labute approximate surface area is 112 Å². The third kappa shape index (κ3) is 1.80. The maximum Gasteiger partial charge on any atom is 0.260 e. The van der Waals surface area contributed by atoms with Gasteiger partial charge in [-0.1, -0.05) is 0 Å². The van der Waals surface area contributed by atoms with Gasteiger partial charge in [0.15, 0.2) is 0 Å². The van der Waals surface area contributed by atoms with Crippen molar-refractivity contribution in [1.29, 1.82) is 0 Å². The number of pyridine rings is 1. The molecular formula is C14H19N3O2. The van der Waals surface area contributed by atoms with Crippen molar-refractivity contribution in [2.24, 2.45) is 11.8 Å². The predicted octanol–water partition coefficient (Wildman–Crippen LogP) is 0.445. The molecule has 2 aliphatic heterocycles. The highest BCUT2D eigenvalue weighted by atomic mass is 16.2. The van der Waals surface area contributed by atoms with Crippen LogP contribution < -0.4 is 10.9 Å². The number of amides is 1. The van der Waals surface area contributed by atoms with Crippen molar-refractivity contribution in [1.82, 2.24) is 15.2 Å². The molecule has 0 aromatic carbocycles. The van der Waals surface area contributed by atoms with Gasteiger partial charge in [-0.25, -0.2) is 0 Å². The second kappa shape index (κ2) is 4.20. The first kappa shape index (κ1) is 12.4. The number of carbonyl (C=O) groups excluding carboxylic acids is 1. The van der Waals surface area contributed by atoms with E-state index in [0.717, 1.165) is 19.6 Å². The topological polar surface area (TPSA) is 65.2 Å². The van der Waals surface area contributed by atoms with Crippen LogP contribution in [0.25, 0.3) is 0 Å². The monoisotopic (exact) mass is 261 g/mol. The van der Waals surface area contributed by atoms with Crippen LogP contribution in [0.1, 0.15) is 24.2 Å². The molecule has 0 bridgehead atoms. The second-order valence-corrected chi connectivity index (χ2v) is 6.01. The van der Waals surface area contributed by atoms with E-state index in [9.17, 15) is 9.59 Å². The van der Waals surface area contributed by atoms with Gasteiger partial charge in [-0.15, -0.1) is 0 Å². The van der Waals surface area contributed by atoms with Gasteiger partial charge in [0.05, 0.1) is 0 Å². The van der Waals surface area contributed by atoms with Crippen molar-refractivity contribution >= 4 is 5.91 Å². The van der Waals surface area contributed by atoms with E-state index in [1.165, 1.54) is 0 Å². The molecule has 0 spiro atoms. The Hall–Kier alpha value is -1.62. The highest BCUT2D eigenvalue weighted by Gasteiger charge is 2.51. The fraction of sp³-hybridized carbons (Fsp3) is 0.571. The zero-order chi connectivity index (χ0) is 13.6. The summed E-state index contributed by atoms with van der Waals surface area (Å²) in [6.45, 7) is 6.84. The van der Waals surface area contributed by atoms with Gasteiger partial charge in [0, 0.05) is 31.4 Å². The van der Waals surface area contributed by atoms with Crippen molar-refractivity contribution < 1.29 is 4.79 Å². The first-order valence-corrected chi connectivity index (χ1v) is 6.72. The Balaban J connectivity index is 1.93. The molecule has 2 fully saturated rings. The number of likely N-dealkylation sites (tertiary alicyclic amines) is 1. The van der Waals surface area contributed by atoms with Crippen LogP contribution in [0.3, 0.4) is 0 Å². The predicted molar refractivity (Wildman–Crippen MR) is 72.0 cm³/mol. The zero-order valence-electron chi connectivity index (χ0n) is 11.3. The molecule has 0 radical (unpaired) electrons. The number of hydrogen-bond acceptors (Lipinski definition) is 3. The Morgan fingerprint density at radius 3 is 2.89 bits per heavy atom. The minimum Gasteiger partial charge on any atom is -0.333 e. The van der Waals surface area contributed by atoms with Crippen LogP contribution in [0, 0.1) is 11.8 Å². The average Bonchev–Trinajstić information content (AvgIpc) is 2.92. The van der Waals surface area contributed by atoms with Crippen LogP contribution in [0.4, 0.5) is 0 Å². The fourth-order valence-corrected chi connectivity index (χ4v) is 3.50. The standard InChI is InChI=1S/C14H19N3O2/c1-14(2)11-7-15-6-9(11)8-17(14)13(19)10-4-3-5-16-12(10)18/h3-5,9,11,15H,6-8H2,1-2H3,(H,16,18). The fourth-order valence-electron chi connectivity index (χ4n) is 3.50. The lowest BCUT2D eigenvalue weighted by atomic mass is 9.85. The minimum atomic E-state index is -0.307. The van der Waals surface area contributed by atoms with E-state index < -0.39 is 0 Å². The van der Waals surface area contributed by atoms with E-state index in [1.807, 2.05) is 4.90 Å². The maximum absolute atomic E-state index is 12.6. The molecule has 1 amide bonds. The molecule has 2 aliphatic rings. The van der Waals surface area contributed by atoms with Crippen LogP contribution in [0.5, 0.6) is 0 Å². The number of nitrogens with zero attached hydrogens (tertiary/aromatic N) is 1. The summed E-state index contributed by atoms with van der Waals surface area (Å²) in [5.41, 5.74) is -0.268. The summed E-state index contributed by atoms with van der Waals surface area (Å²) in [6, 6.07) is 3.30. The summed E-state index contributed by atoms with van der Waals surface area (Å²) in [6.07, 6.45) is 1.55. The Bertz CT molecular complexity index is 564. The third-order valence-electron chi connectivity index (χ3n) is 4.65. The van der Waals surface area contributed by atoms with Gasteiger partial charge in [-0.2, -0.15) is 0 Å². The highest BCUT2D eigenvalue weighted by molar-refractivity contribution is 5.94. The van der Waals surface area contributed by atoms with E-state index >= 15 is 0 Å². The molecule has 102 valence electrons. The van der Waals surface area contributed by atoms with Gasteiger partial charge in [0.1, 0.15) is 5.56 Å². The largest absolute Gasteiger partial charge is 0.333 e. The summed E-state index contributed by atoms with van der Waals surface area (Å²) in [5.74, 6) is 0.822. The molecule has 2 unspecified atom stereocenters. The van der Waals surface area contributed by atoms with Gasteiger partial charge in [0.25, 0.3) is 11.5 Å². The van der Waals surface area contributed by atoms with E-state index in [2.05, 4.69) is 24.1 Å². The summed E-state index contributed by atoms with van der Waals surface area (Å²) in [4.78, 5) is 28.8. The van der Waals surface area contributed by atoms with E-state index in [4.69, 9.17) is 0 Å². The SMILES string of the molecule is CC1(C)C2CNCC2CN1C(=O)c1ccc[nH]c1=O. The smallest absolute Gasteiger partial charge is 0.260 e. The van der Waals surface area contributed by atoms with Crippen LogP contribution in [-0.4, -0.2) is 41.0 Å². The van der Waals surface area contributed by atoms with Crippen LogP contribution in [0.2, 0.25) is 0 Å². The highest BCUT2D eigenvalue weighted by Crippen LogP contribution is 2.40. The first-order chi connectivity index (χ1) is 9.01.